The van der Waals surface area contributed by atoms with Gasteiger partial charge in [-0.3, -0.25) is 0 Å². The summed E-state index contributed by atoms with van der Waals surface area (Å²) in [5.41, 5.74) is 0. The van der Waals surface area contributed by atoms with Gasteiger partial charge in [0, 0.05) is 6.04 Å². The Hall–Kier alpha value is -1.90. The van der Waals surface area contributed by atoms with Crippen LogP contribution in [0.4, 0.5) is 0 Å². The van der Waals surface area contributed by atoms with Crippen molar-refractivity contribution in [1.29, 1.82) is 0 Å². The van der Waals surface area contributed by atoms with Crippen molar-refractivity contribution in [3.8, 4) is 11.8 Å². The van der Waals surface area contributed by atoms with Gasteiger partial charge in [0.25, 0.3) is 0 Å². The summed E-state index contributed by atoms with van der Waals surface area (Å²) in [4.78, 5) is 8.19. The zero-order valence-electron chi connectivity index (χ0n) is 14.3. The van der Waals surface area contributed by atoms with E-state index in [4.69, 9.17) is 21.1 Å². The normalized spacial score (nSPS) is 20.5. The second-order valence-electron chi connectivity index (χ2n) is 6.05. The summed E-state index contributed by atoms with van der Waals surface area (Å²) < 4.78 is 38.9. The molecule has 0 atom stereocenters. The molecule has 1 N–H and O–H groups in total. The van der Waals surface area contributed by atoms with E-state index in [0.717, 1.165) is 0 Å². The lowest BCUT2D eigenvalue weighted by Crippen LogP contribution is -2.39. The second-order valence-corrected chi connectivity index (χ2v) is 8.17. The molecule has 1 saturated carbocycles. The van der Waals surface area contributed by atoms with E-state index in [1.54, 1.807) is 18.2 Å². The molecule has 9 heteroatoms. The van der Waals surface area contributed by atoms with Crippen molar-refractivity contribution in [1.82, 2.24) is 14.7 Å². The van der Waals surface area contributed by atoms with Gasteiger partial charge in [0.15, 0.2) is 0 Å². The number of aromatic nitrogens is 2. The Balaban J connectivity index is 1.57. The first-order valence-corrected chi connectivity index (χ1v) is 10.1. The van der Waals surface area contributed by atoms with Crippen LogP contribution in [0.1, 0.15) is 25.7 Å². The molecule has 0 unspecified atom stereocenters. The molecule has 1 aromatic heterocycles. The molecule has 26 heavy (non-hydrogen) atoms. The first-order chi connectivity index (χ1) is 12.5. The summed E-state index contributed by atoms with van der Waals surface area (Å²) in [5, 5.41) is 0.451. The van der Waals surface area contributed by atoms with Crippen LogP contribution in [0.15, 0.2) is 41.6 Å². The molecule has 0 bridgehead atoms. The van der Waals surface area contributed by atoms with Gasteiger partial charge in [0.2, 0.25) is 10.0 Å². The smallest absolute Gasteiger partial charge is 0.316 e. The van der Waals surface area contributed by atoms with Crippen LogP contribution in [0.3, 0.4) is 0 Å². The third-order valence-electron chi connectivity index (χ3n) is 4.22. The van der Waals surface area contributed by atoms with Crippen molar-refractivity contribution in [2.75, 3.05) is 7.11 Å². The maximum absolute atomic E-state index is 12.6. The Morgan fingerprint density at radius 1 is 1.12 bits per heavy atom. The highest BCUT2D eigenvalue weighted by atomic mass is 35.5. The highest BCUT2D eigenvalue weighted by Crippen LogP contribution is 2.26. The van der Waals surface area contributed by atoms with Gasteiger partial charge in [0.1, 0.15) is 16.7 Å². The van der Waals surface area contributed by atoms with Gasteiger partial charge in [-0.25, -0.2) is 23.1 Å². The SMILES string of the molecule is COc1ccccc1S(=O)(=O)NC1CCC(Oc2ncc(Cl)cn2)CC1. The number of nitrogens with zero attached hydrogens (tertiary/aromatic N) is 2. The molecule has 2 aromatic rings. The molecule has 0 radical (unpaired) electrons. The molecule has 0 aliphatic heterocycles. The third-order valence-corrected chi connectivity index (χ3v) is 5.98. The Morgan fingerprint density at radius 2 is 1.77 bits per heavy atom. The molecule has 0 amide bonds. The molecule has 140 valence electrons. The largest absolute Gasteiger partial charge is 0.495 e. The molecule has 1 aromatic carbocycles. The fraction of sp³-hybridized carbons (Fsp3) is 0.412. The Labute approximate surface area is 157 Å². The monoisotopic (exact) mass is 397 g/mol. The average Bonchev–Trinajstić information content (AvgIpc) is 2.65. The van der Waals surface area contributed by atoms with Crippen molar-refractivity contribution in [2.24, 2.45) is 0 Å². The van der Waals surface area contributed by atoms with Gasteiger partial charge in [-0.1, -0.05) is 23.7 Å². The van der Waals surface area contributed by atoms with Crippen LogP contribution >= 0.6 is 11.6 Å². The Morgan fingerprint density at radius 3 is 2.42 bits per heavy atom. The number of hydrogen-bond donors (Lipinski definition) is 1. The molecular weight excluding hydrogens is 378 g/mol. The van der Waals surface area contributed by atoms with E-state index in [1.807, 2.05) is 0 Å². The second kappa shape index (κ2) is 8.20. The Bertz CT molecular complexity index is 837. The van der Waals surface area contributed by atoms with E-state index in [2.05, 4.69) is 14.7 Å². The number of benzene rings is 1. The number of ether oxygens (including phenoxy) is 2. The number of para-hydroxylation sites is 1. The van der Waals surface area contributed by atoms with Gasteiger partial charge in [-0.2, -0.15) is 0 Å². The summed E-state index contributed by atoms with van der Waals surface area (Å²) in [6.45, 7) is 0. The topological polar surface area (TPSA) is 90.4 Å². The minimum atomic E-state index is -3.64. The molecule has 3 rings (SSSR count). The maximum Gasteiger partial charge on any atom is 0.316 e. The summed E-state index contributed by atoms with van der Waals surface area (Å²) in [7, 11) is -2.18. The van der Waals surface area contributed by atoms with Crippen LogP contribution in [0.2, 0.25) is 5.02 Å². The minimum Gasteiger partial charge on any atom is -0.495 e. The molecule has 1 aliphatic carbocycles. The molecule has 7 nitrogen and oxygen atoms in total. The summed E-state index contributed by atoms with van der Waals surface area (Å²) in [5.74, 6) is 0.330. The molecular formula is C17H20ClN3O4S. The van der Waals surface area contributed by atoms with Gasteiger partial charge >= 0.3 is 6.01 Å². The average molecular weight is 398 g/mol. The van der Waals surface area contributed by atoms with Gasteiger partial charge < -0.3 is 9.47 Å². The van der Waals surface area contributed by atoms with Crippen molar-refractivity contribution in [3.05, 3.63) is 41.7 Å². The number of sulfonamides is 1. The highest BCUT2D eigenvalue weighted by Gasteiger charge is 2.28. The van der Waals surface area contributed by atoms with Crippen molar-refractivity contribution in [3.63, 3.8) is 0 Å². The van der Waals surface area contributed by atoms with Crippen molar-refractivity contribution in [2.45, 2.75) is 42.7 Å². The number of hydrogen-bond acceptors (Lipinski definition) is 6. The van der Waals surface area contributed by atoms with E-state index >= 15 is 0 Å². The van der Waals surface area contributed by atoms with Crippen LogP contribution < -0.4 is 14.2 Å². The van der Waals surface area contributed by atoms with Crippen LogP contribution in [0, 0.1) is 0 Å². The number of nitrogens with one attached hydrogen (secondary N) is 1. The van der Waals surface area contributed by atoms with E-state index in [0.29, 0.717) is 36.5 Å². The number of rotatable bonds is 6. The first-order valence-electron chi connectivity index (χ1n) is 8.27. The first kappa shape index (κ1) is 18.9. The fourth-order valence-electron chi connectivity index (χ4n) is 2.93. The lowest BCUT2D eigenvalue weighted by atomic mass is 9.94. The predicted molar refractivity (Wildman–Crippen MR) is 97.0 cm³/mol. The van der Waals surface area contributed by atoms with Crippen LogP contribution in [0.25, 0.3) is 0 Å². The molecule has 0 spiro atoms. The molecule has 0 saturated heterocycles. The molecule has 1 heterocycles. The third kappa shape index (κ3) is 4.63. The number of halogens is 1. The summed E-state index contributed by atoms with van der Waals surface area (Å²) in [6, 6.07) is 6.72. The van der Waals surface area contributed by atoms with Crippen molar-refractivity contribution < 1.29 is 17.9 Å². The van der Waals surface area contributed by atoms with Crippen molar-refractivity contribution >= 4 is 21.6 Å². The minimum absolute atomic E-state index is 0.0387. The van der Waals surface area contributed by atoms with E-state index in [-0.39, 0.29) is 23.1 Å². The Kier molecular flexibility index (Phi) is 5.95. The summed E-state index contributed by atoms with van der Waals surface area (Å²) in [6.07, 6.45) is 5.70. The van der Waals surface area contributed by atoms with Gasteiger partial charge in [0.05, 0.1) is 24.5 Å². The zero-order valence-corrected chi connectivity index (χ0v) is 15.8. The predicted octanol–water partition coefficient (Wildman–Crippen LogP) is 2.81. The van der Waals surface area contributed by atoms with Crippen LogP contribution in [-0.4, -0.2) is 37.6 Å². The van der Waals surface area contributed by atoms with E-state index in [9.17, 15) is 8.42 Å². The van der Waals surface area contributed by atoms with E-state index < -0.39 is 10.0 Å². The highest BCUT2D eigenvalue weighted by molar-refractivity contribution is 7.89. The summed E-state index contributed by atoms with van der Waals surface area (Å²) >= 11 is 5.75. The lowest BCUT2D eigenvalue weighted by molar-refractivity contribution is 0.132. The quantitative estimate of drug-likeness (QED) is 0.806. The van der Waals surface area contributed by atoms with Gasteiger partial charge in [-0.05, 0) is 37.8 Å². The standard InChI is InChI=1S/C17H20ClN3O4S/c1-24-15-4-2-3-5-16(15)26(22,23)21-13-6-8-14(9-7-13)25-17-19-10-12(18)11-20-17/h2-5,10-11,13-14,21H,6-9H2,1H3. The number of methoxy groups -OCH3 is 1. The lowest BCUT2D eigenvalue weighted by Gasteiger charge is -2.28. The van der Waals surface area contributed by atoms with Crippen LogP contribution in [0.5, 0.6) is 11.8 Å². The molecule has 1 fully saturated rings. The van der Waals surface area contributed by atoms with Gasteiger partial charge in [-0.15, -0.1) is 0 Å². The van der Waals surface area contributed by atoms with E-state index in [1.165, 1.54) is 25.6 Å². The molecule has 1 aliphatic rings. The van der Waals surface area contributed by atoms with Crippen LogP contribution in [-0.2, 0) is 10.0 Å². The fourth-order valence-corrected chi connectivity index (χ4v) is 4.51. The zero-order chi connectivity index (χ0) is 18.6. The maximum atomic E-state index is 12.6.